The monoisotopic (exact) mass is 271 g/mol. The van der Waals surface area contributed by atoms with Crippen molar-refractivity contribution in [3.05, 3.63) is 29.3 Å². The summed E-state index contributed by atoms with van der Waals surface area (Å²) in [6.45, 7) is 0.335. The SMILES string of the molecule is COc1ccc(C(F)F)cc1C1CC(C(=O)O)CN1. The van der Waals surface area contributed by atoms with E-state index in [1.165, 1.54) is 25.3 Å². The van der Waals surface area contributed by atoms with Gasteiger partial charge in [0.2, 0.25) is 0 Å². The number of nitrogens with one attached hydrogen (secondary N) is 1. The molecule has 19 heavy (non-hydrogen) atoms. The second-order valence-corrected chi connectivity index (χ2v) is 4.53. The van der Waals surface area contributed by atoms with Crippen molar-refractivity contribution in [3.8, 4) is 5.75 Å². The number of rotatable bonds is 4. The maximum Gasteiger partial charge on any atom is 0.307 e. The molecule has 2 rings (SSSR count). The second-order valence-electron chi connectivity index (χ2n) is 4.53. The highest BCUT2D eigenvalue weighted by atomic mass is 19.3. The molecule has 1 heterocycles. The van der Waals surface area contributed by atoms with Crippen LogP contribution in [0.15, 0.2) is 18.2 Å². The Morgan fingerprint density at radius 1 is 1.53 bits per heavy atom. The molecule has 1 saturated heterocycles. The minimum absolute atomic E-state index is 0.0867. The van der Waals surface area contributed by atoms with Crippen molar-refractivity contribution in [2.75, 3.05) is 13.7 Å². The van der Waals surface area contributed by atoms with E-state index in [-0.39, 0.29) is 11.6 Å². The lowest BCUT2D eigenvalue weighted by Crippen LogP contribution is -2.17. The summed E-state index contributed by atoms with van der Waals surface area (Å²) in [6, 6.07) is 3.92. The number of aliphatic carboxylic acids is 1. The largest absolute Gasteiger partial charge is 0.496 e. The zero-order valence-corrected chi connectivity index (χ0v) is 10.4. The number of methoxy groups -OCH3 is 1. The summed E-state index contributed by atoms with van der Waals surface area (Å²) in [4.78, 5) is 10.9. The molecule has 6 heteroatoms. The van der Waals surface area contributed by atoms with Crippen LogP contribution in [0.5, 0.6) is 5.75 Å². The van der Waals surface area contributed by atoms with Crippen LogP contribution in [-0.2, 0) is 4.79 Å². The van der Waals surface area contributed by atoms with E-state index in [1.807, 2.05) is 0 Å². The molecule has 0 spiro atoms. The van der Waals surface area contributed by atoms with Crippen molar-refractivity contribution < 1.29 is 23.4 Å². The van der Waals surface area contributed by atoms with Crippen LogP contribution in [0, 0.1) is 5.92 Å². The molecule has 1 aliphatic heterocycles. The van der Waals surface area contributed by atoms with Crippen molar-refractivity contribution in [1.82, 2.24) is 5.32 Å². The van der Waals surface area contributed by atoms with Gasteiger partial charge in [-0.3, -0.25) is 4.79 Å². The Hall–Kier alpha value is -1.69. The molecule has 0 aliphatic carbocycles. The normalized spacial score (nSPS) is 22.7. The van der Waals surface area contributed by atoms with Crippen molar-refractivity contribution in [2.45, 2.75) is 18.9 Å². The van der Waals surface area contributed by atoms with Crippen molar-refractivity contribution in [2.24, 2.45) is 5.92 Å². The number of benzene rings is 1. The van der Waals surface area contributed by atoms with E-state index in [0.717, 1.165) is 0 Å². The third-order valence-electron chi connectivity index (χ3n) is 3.36. The molecule has 0 radical (unpaired) electrons. The van der Waals surface area contributed by atoms with Crippen LogP contribution >= 0.6 is 0 Å². The molecule has 4 nitrogen and oxygen atoms in total. The summed E-state index contributed by atoms with van der Waals surface area (Å²) in [7, 11) is 1.46. The minimum atomic E-state index is -2.55. The third-order valence-corrected chi connectivity index (χ3v) is 3.36. The van der Waals surface area contributed by atoms with Crippen LogP contribution in [0.1, 0.15) is 30.0 Å². The number of carboxylic acids is 1. The molecule has 0 aromatic heterocycles. The molecule has 104 valence electrons. The number of carboxylic acid groups (broad SMARTS) is 1. The van der Waals surface area contributed by atoms with Gasteiger partial charge >= 0.3 is 5.97 Å². The summed E-state index contributed by atoms with van der Waals surface area (Å²) in [6.07, 6.45) is -2.18. The lowest BCUT2D eigenvalue weighted by Gasteiger charge is -2.16. The fourth-order valence-electron chi connectivity index (χ4n) is 2.32. The van der Waals surface area contributed by atoms with Gasteiger partial charge in [0.15, 0.2) is 0 Å². The van der Waals surface area contributed by atoms with Gasteiger partial charge < -0.3 is 15.2 Å². The Labute approximate surface area is 109 Å². The van der Waals surface area contributed by atoms with Gasteiger partial charge in [0.05, 0.1) is 13.0 Å². The molecule has 1 fully saturated rings. The Kier molecular flexibility index (Phi) is 3.99. The predicted molar refractivity (Wildman–Crippen MR) is 64.4 cm³/mol. The molecule has 1 aliphatic rings. The Bertz CT molecular complexity index is 479. The lowest BCUT2D eigenvalue weighted by atomic mass is 9.98. The van der Waals surface area contributed by atoms with E-state index in [2.05, 4.69) is 5.32 Å². The number of hydrogen-bond donors (Lipinski definition) is 2. The van der Waals surface area contributed by atoms with Crippen molar-refractivity contribution >= 4 is 5.97 Å². The number of ether oxygens (including phenoxy) is 1. The average Bonchev–Trinajstić information content (AvgIpc) is 2.87. The maximum atomic E-state index is 12.7. The molecule has 2 unspecified atom stereocenters. The zero-order chi connectivity index (χ0) is 14.0. The summed E-state index contributed by atoms with van der Waals surface area (Å²) < 4.78 is 30.6. The molecule has 0 amide bonds. The quantitative estimate of drug-likeness (QED) is 0.882. The number of alkyl halides is 2. The smallest absolute Gasteiger partial charge is 0.307 e. The predicted octanol–water partition coefficient (Wildman–Crippen LogP) is 2.37. The average molecular weight is 271 g/mol. The Morgan fingerprint density at radius 2 is 2.26 bits per heavy atom. The molecule has 1 aromatic carbocycles. The summed E-state index contributed by atoms with van der Waals surface area (Å²) >= 11 is 0. The minimum Gasteiger partial charge on any atom is -0.496 e. The fourth-order valence-corrected chi connectivity index (χ4v) is 2.32. The van der Waals surface area contributed by atoms with Gasteiger partial charge in [0, 0.05) is 23.7 Å². The molecular weight excluding hydrogens is 256 g/mol. The van der Waals surface area contributed by atoms with Gasteiger partial charge in [0.1, 0.15) is 5.75 Å². The van der Waals surface area contributed by atoms with Gasteiger partial charge in [0.25, 0.3) is 6.43 Å². The summed E-state index contributed by atoms with van der Waals surface area (Å²) in [5.41, 5.74) is 0.500. The molecule has 1 aromatic rings. The Morgan fingerprint density at radius 3 is 2.79 bits per heavy atom. The second kappa shape index (κ2) is 5.52. The first-order valence-corrected chi connectivity index (χ1v) is 5.95. The first-order chi connectivity index (χ1) is 9.02. The topological polar surface area (TPSA) is 58.6 Å². The third kappa shape index (κ3) is 2.84. The van der Waals surface area contributed by atoms with E-state index < -0.39 is 18.3 Å². The van der Waals surface area contributed by atoms with Gasteiger partial charge in [-0.05, 0) is 24.6 Å². The van der Waals surface area contributed by atoms with Gasteiger partial charge in [-0.25, -0.2) is 8.78 Å². The van der Waals surface area contributed by atoms with Crippen LogP contribution in [0.3, 0.4) is 0 Å². The van der Waals surface area contributed by atoms with E-state index in [1.54, 1.807) is 0 Å². The first kappa shape index (κ1) is 13.7. The number of halogens is 2. The van der Waals surface area contributed by atoms with Crippen molar-refractivity contribution in [3.63, 3.8) is 0 Å². The van der Waals surface area contributed by atoms with Crippen molar-refractivity contribution in [1.29, 1.82) is 0 Å². The number of carbonyl (C=O) groups is 1. The highest BCUT2D eigenvalue weighted by molar-refractivity contribution is 5.71. The zero-order valence-electron chi connectivity index (χ0n) is 10.4. The van der Waals surface area contributed by atoms with Crippen LogP contribution < -0.4 is 10.1 Å². The van der Waals surface area contributed by atoms with Crippen LogP contribution in [0.4, 0.5) is 8.78 Å². The van der Waals surface area contributed by atoms with Gasteiger partial charge in [-0.15, -0.1) is 0 Å². The standard InChI is InChI=1S/C13H15F2NO3/c1-19-11-3-2-7(12(14)15)4-9(11)10-5-8(6-16-10)13(17)18/h2-4,8,10,12,16H,5-6H2,1H3,(H,17,18). The summed E-state index contributed by atoms with van der Waals surface area (Å²) in [5, 5.41) is 12.0. The highest BCUT2D eigenvalue weighted by Gasteiger charge is 2.32. The molecule has 2 N–H and O–H groups in total. The lowest BCUT2D eigenvalue weighted by molar-refractivity contribution is -0.141. The highest BCUT2D eigenvalue weighted by Crippen LogP contribution is 2.35. The molecule has 0 bridgehead atoms. The van der Waals surface area contributed by atoms with Gasteiger partial charge in [-0.1, -0.05) is 0 Å². The maximum absolute atomic E-state index is 12.7. The summed E-state index contributed by atoms with van der Waals surface area (Å²) in [5.74, 6) is -0.878. The van der Waals surface area contributed by atoms with Gasteiger partial charge in [-0.2, -0.15) is 0 Å². The van der Waals surface area contributed by atoms with E-state index in [4.69, 9.17) is 9.84 Å². The fraction of sp³-hybridized carbons (Fsp3) is 0.462. The number of hydrogen-bond acceptors (Lipinski definition) is 3. The van der Waals surface area contributed by atoms with Crippen LogP contribution in [0.2, 0.25) is 0 Å². The van der Waals surface area contributed by atoms with E-state index in [9.17, 15) is 13.6 Å². The van der Waals surface area contributed by atoms with Crippen LogP contribution in [0.25, 0.3) is 0 Å². The molecular formula is C13H15F2NO3. The van der Waals surface area contributed by atoms with E-state index in [0.29, 0.717) is 24.3 Å². The van der Waals surface area contributed by atoms with Crippen LogP contribution in [-0.4, -0.2) is 24.7 Å². The first-order valence-electron chi connectivity index (χ1n) is 5.95. The Balaban J connectivity index is 2.28. The molecule has 2 atom stereocenters. The van der Waals surface area contributed by atoms with E-state index >= 15 is 0 Å². The molecule has 0 saturated carbocycles.